The minimum absolute atomic E-state index is 0.444. The highest BCUT2D eigenvalue weighted by Gasteiger charge is 2.22. The van der Waals surface area contributed by atoms with Gasteiger partial charge in [0, 0.05) is 16.7 Å². The molecule has 5 heteroatoms. The van der Waals surface area contributed by atoms with Gasteiger partial charge in [0.1, 0.15) is 11.3 Å². The van der Waals surface area contributed by atoms with Gasteiger partial charge in [-0.15, -0.1) is 11.6 Å². The Kier molecular flexibility index (Phi) is 4.32. The molecule has 1 aliphatic rings. The molecule has 108 valence electrons. The predicted octanol–water partition coefficient (Wildman–Crippen LogP) is 5.07. The molecule has 3 rings (SSSR count). The summed E-state index contributed by atoms with van der Waals surface area (Å²) in [5.74, 6) is 2.23. The number of halogens is 2. The fraction of sp³-hybridized carbons (Fsp3) is 0.600. The van der Waals surface area contributed by atoms with Crippen LogP contribution in [-0.4, -0.2) is 14.5 Å². The number of imidazole rings is 1. The van der Waals surface area contributed by atoms with Gasteiger partial charge < -0.3 is 4.57 Å². The number of hydrogen-bond donors (Lipinski definition) is 0. The summed E-state index contributed by atoms with van der Waals surface area (Å²) in [7, 11) is 0. The van der Waals surface area contributed by atoms with Gasteiger partial charge in [-0.2, -0.15) is 0 Å². The lowest BCUT2D eigenvalue weighted by Crippen LogP contribution is -2.12. The molecule has 2 heterocycles. The molecule has 1 aliphatic carbocycles. The van der Waals surface area contributed by atoms with Crippen LogP contribution < -0.4 is 0 Å². The highest BCUT2D eigenvalue weighted by atomic mass is 79.9. The van der Waals surface area contributed by atoms with Gasteiger partial charge in [-0.05, 0) is 47.2 Å². The molecule has 3 nitrogen and oxygen atoms in total. The van der Waals surface area contributed by atoms with Crippen LogP contribution in [0.4, 0.5) is 0 Å². The Labute approximate surface area is 132 Å². The highest BCUT2D eigenvalue weighted by Crippen LogP contribution is 2.33. The SMILES string of the molecule is CC1CCCC(n2c(CCl)nc3cc(Br)cnc32)CC1. The van der Waals surface area contributed by atoms with E-state index >= 15 is 0 Å². The van der Waals surface area contributed by atoms with Crippen LogP contribution in [-0.2, 0) is 5.88 Å². The Morgan fingerprint density at radius 3 is 3.00 bits per heavy atom. The molecule has 0 spiro atoms. The predicted molar refractivity (Wildman–Crippen MR) is 86.1 cm³/mol. The van der Waals surface area contributed by atoms with Crippen molar-refractivity contribution >= 4 is 38.7 Å². The van der Waals surface area contributed by atoms with E-state index < -0.39 is 0 Å². The molecule has 0 radical (unpaired) electrons. The Balaban J connectivity index is 2.04. The lowest BCUT2D eigenvalue weighted by Gasteiger charge is -2.19. The second-order valence-corrected chi connectivity index (χ2v) is 6.98. The first kappa shape index (κ1) is 14.3. The first-order valence-electron chi connectivity index (χ1n) is 7.27. The topological polar surface area (TPSA) is 30.7 Å². The zero-order valence-electron chi connectivity index (χ0n) is 11.6. The van der Waals surface area contributed by atoms with Crippen LogP contribution in [0.3, 0.4) is 0 Å². The summed E-state index contributed by atoms with van der Waals surface area (Å²) in [5, 5.41) is 0. The molecule has 20 heavy (non-hydrogen) atoms. The third-order valence-electron chi connectivity index (χ3n) is 4.28. The molecular weight excluding hydrogens is 338 g/mol. The van der Waals surface area contributed by atoms with Gasteiger partial charge in [0.2, 0.25) is 0 Å². The summed E-state index contributed by atoms with van der Waals surface area (Å²) in [6.45, 7) is 2.35. The van der Waals surface area contributed by atoms with Gasteiger partial charge in [-0.1, -0.05) is 19.8 Å². The lowest BCUT2D eigenvalue weighted by atomic mass is 10.0. The zero-order chi connectivity index (χ0) is 14.1. The van der Waals surface area contributed by atoms with Crippen LogP contribution in [0.5, 0.6) is 0 Å². The number of hydrogen-bond acceptors (Lipinski definition) is 2. The van der Waals surface area contributed by atoms with Crippen LogP contribution in [0.25, 0.3) is 11.2 Å². The number of aromatic nitrogens is 3. The molecule has 0 aromatic carbocycles. The van der Waals surface area contributed by atoms with Crippen LogP contribution in [0.2, 0.25) is 0 Å². The molecular formula is C15H19BrClN3. The van der Waals surface area contributed by atoms with Crippen LogP contribution in [0.1, 0.15) is 50.9 Å². The summed E-state index contributed by atoms with van der Waals surface area (Å²) in [4.78, 5) is 9.22. The van der Waals surface area contributed by atoms with Crippen molar-refractivity contribution in [2.45, 2.75) is 50.9 Å². The van der Waals surface area contributed by atoms with Crippen molar-refractivity contribution in [3.63, 3.8) is 0 Å². The lowest BCUT2D eigenvalue weighted by molar-refractivity contribution is 0.431. The molecule has 0 aliphatic heterocycles. The molecule has 2 atom stereocenters. The van der Waals surface area contributed by atoms with E-state index in [2.05, 4.69) is 37.4 Å². The molecule has 1 saturated carbocycles. The number of alkyl halides is 1. The Bertz CT molecular complexity index is 610. The van der Waals surface area contributed by atoms with Crippen LogP contribution >= 0.6 is 27.5 Å². The Morgan fingerprint density at radius 1 is 1.35 bits per heavy atom. The summed E-state index contributed by atoms with van der Waals surface area (Å²) < 4.78 is 3.25. The molecule has 2 aromatic rings. The van der Waals surface area contributed by atoms with Crippen molar-refractivity contribution in [3.05, 3.63) is 22.6 Å². The molecule has 0 bridgehead atoms. The van der Waals surface area contributed by atoms with Gasteiger partial charge >= 0.3 is 0 Å². The highest BCUT2D eigenvalue weighted by molar-refractivity contribution is 9.10. The van der Waals surface area contributed by atoms with E-state index in [1.807, 2.05) is 12.3 Å². The van der Waals surface area contributed by atoms with Crippen molar-refractivity contribution in [2.75, 3.05) is 0 Å². The minimum Gasteiger partial charge on any atom is -0.309 e. The Hall–Kier alpha value is -0.610. The third kappa shape index (κ3) is 2.73. The summed E-state index contributed by atoms with van der Waals surface area (Å²) >= 11 is 9.57. The summed E-state index contributed by atoms with van der Waals surface area (Å²) in [6, 6.07) is 2.51. The average molecular weight is 357 g/mol. The monoisotopic (exact) mass is 355 g/mol. The van der Waals surface area contributed by atoms with Crippen LogP contribution in [0, 0.1) is 5.92 Å². The Morgan fingerprint density at radius 2 is 2.20 bits per heavy atom. The zero-order valence-corrected chi connectivity index (χ0v) is 14.0. The van der Waals surface area contributed by atoms with E-state index in [0.29, 0.717) is 11.9 Å². The number of nitrogens with zero attached hydrogens (tertiary/aromatic N) is 3. The maximum Gasteiger partial charge on any atom is 0.160 e. The van der Waals surface area contributed by atoms with Gasteiger partial charge in [-0.3, -0.25) is 0 Å². The molecule has 0 N–H and O–H groups in total. The van der Waals surface area contributed by atoms with Crippen molar-refractivity contribution in [1.29, 1.82) is 0 Å². The molecule has 2 aromatic heterocycles. The van der Waals surface area contributed by atoms with Gasteiger partial charge in [-0.25, -0.2) is 9.97 Å². The molecule has 2 unspecified atom stereocenters. The van der Waals surface area contributed by atoms with Gasteiger partial charge in [0.15, 0.2) is 5.65 Å². The number of fused-ring (bicyclic) bond motifs is 1. The van der Waals surface area contributed by atoms with Crippen molar-refractivity contribution in [2.24, 2.45) is 5.92 Å². The second-order valence-electron chi connectivity index (χ2n) is 5.80. The van der Waals surface area contributed by atoms with E-state index in [9.17, 15) is 0 Å². The van der Waals surface area contributed by atoms with Crippen molar-refractivity contribution in [3.8, 4) is 0 Å². The van der Waals surface area contributed by atoms with Crippen LogP contribution in [0.15, 0.2) is 16.7 Å². The average Bonchev–Trinajstić information content (AvgIpc) is 2.66. The van der Waals surface area contributed by atoms with E-state index in [-0.39, 0.29) is 0 Å². The quantitative estimate of drug-likeness (QED) is 0.555. The number of rotatable bonds is 2. The van der Waals surface area contributed by atoms with Crippen molar-refractivity contribution < 1.29 is 0 Å². The minimum atomic E-state index is 0.444. The van der Waals surface area contributed by atoms with E-state index in [4.69, 9.17) is 11.6 Å². The maximum atomic E-state index is 6.11. The molecule has 0 saturated heterocycles. The van der Waals surface area contributed by atoms with Crippen molar-refractivity contribution in [1.82, 2.24) is 14.5 Å². The van der Waals surface area contributed by atoms with E-state index in [1.54, 1.807) is 0 Å². The fourth-order valence-corrected chi connectivity index (χ4v) is 3.72. The number of pyridine rings is 1. The maximum absolute atomic E-state index is 6.11. The first-order chi connectivity index (χ1) is 9.69. The fourth-order valence-electron chi connectivity index (χ4n) is 3.21. The molecule has 1 fully saturated rings. The summed E-state index contributed by atoms with van der Waals surface area (Å²) in [5.41, 5.74) is 1.91. The standard InChI is InChI=1S/C15H19BrClN3/c1-10-3-2-4-12(6-5-10)20-14(8-17)19-13-7-11(16)9-18-15(13)20/h7,9-10,12H,2-6,8H2,1H3. The largest absolute Gasteiger partial charge is 0.309 e. The van der Waals surface area contributed by atoms with E-state index in [1.165, 1.54) is 32.1 Å². The smallest absolute Gasteiger partial charge is 0.160 e. The van der Waals surface area contributed by atoms with E-state index in [0.717, 1.165) is 27.4 Å². The summed E-state index contributed by atoms with van der Waals surface area (Å²) in [6.07, 6.45) is 8.15. The second kappa shape index (κ2) is 6.02. The third-order valence-corrected chi connectivity index (χ3v) is 4.95. The normalized spacial score (nSPS) is 23.9. The first-order valence-corrected chi connectivity index (χ1v) is 8.60. The van der Waals surface area contributed by atoms with Gasteiger partial charge in [0.05, 0.1) is 5.88 Å². The molecule has 0 amide bonds. The van der Waals surface area contributed by atoms with Gasteiger partial charge in [0.25, 0.3) is 0 Å².